The zero-order chi connectivity index (χ0) is 18.5. The molecule has 0 spiro atoms. The summed E-state index contributed by atoms with van der Waals surface area (Å²) < 4.78 is 36.1. The van der Waals surface area contributed by atoms with Gasteiger partial charge in [0.15, 0.2) is 9.84 Å². The Hall–Kier alpha value is -0.845. The summed E-state index contributed by atoms with van der Waals surface area (Å²) in [5, 5.41) is 0. The second-order valence-electron chi connectivity index (χ2n) is 9.56. The van der Waals surface area contributed by atoms with E-state index in [4.69, 9.17) is 9.31 Å². The highest BCUT2D eigenvalue weighted by atomic mass is 32.2. The zero-order valence-electron chi connectivity index (χ0n) is 15.9. The van der Waals surface area contributed by atoms with Crippen LogP contribution in [0.5, 0.6) is 0 Å². The highest BCUT2D eigenvalue weighted by Crippen LogP contribution is 2.82. The lowest BCUT2D eigenvalue weighted by Crippen LogP contribution is -2.72. The monoisotopic (exact) mass is 362 g/mol. The van der Waals surface area contributed by atoms with Crippen molar-refractivity contribution in [3.05, 3.63) is 29.8 Å². The fourth-order valence-corrected chi connectivity index (χ4v) is 5.90. The molecule has 1 aromatic rings. The minimum absolute atomic E-state index is 0.0615. The first-order valence-corrected chi connectivity index (χ1v) is 10.9. The van der Waals surface area contributed by atoms with Crippen molar-refractivity contribution in [2.75, 3.05) is 6.26 Å². The third-order valence-corrected chi connectivity index (χ3v) is 8.31. The van der Waals surface area contributed by atoms with Crippen LogP contribution in [-0.4, -0.2) is 33.0 Å². The van der Waals surface area contributed by atoms with Crippen LogP contribution in [0.15, 0.2) is 29.2 Å². The molecule has 2 bridgehead atoms. The Kier molecular flexibility index (Phi) is 3.30. The van der Waals surface area contributed by atoms with E-state index in [-0.39, 0.29) is 29.2 Å². The van der Waals surface area contributed by atoms with Crippen molar-refractivity contribution in [1.29, 1.82) is 0 Å². The van der Waals surface area contributed by atoms with Crippen LogP contribution in [0.4, 0.5) is 0 Å². The molecule has 1 aromatic carbocycles. The third-order valence-electron chi connectivity index (χ3n) is 7.19. The largest absolute Gasteiger partial charge is 0.462 e. The molecule has 5 rings (SSSR count). The normalized spacial score (nSPS) is 38.2. The van der Waals surface area contributed by atoms with Crippen molar-refractivity contribution >= 4 is 17.0 Å². The summed E-state index contributed by atoms with van der Waals surface area (Å²) in [6.07, 6.45) is 3.48. The smallest absolute Gasteiger partial charge is 0.403 e. The van der Waals surface area contributed by atoms with Crippen molar-refractivity contribution in [3.8, 4) is 0 Å². The number of rotatable bonds is 3. The second kappa shape index (κ2) is 4.70. The molecule has 1 aliphatic heterocycles. The van der Waals surface area contributed by atoms with E-state index in [2.05, 4.69) is 34.6 Å². The maximum Gasteiger partial charge on any atom is 0.462 e. The first-order chi connectivity index (χ1) is 11.3. The van der Waals surface area contributed by atoms with E-state index >= 15 is 0 Å². The van der Waals surface area contributed by atoms with Gasteiger partial charge in [0.1, 0.15) is 0 Å². The topological polar surface area (TPSA) is 52.6 Å². The van der Waals surface area contributed by atoms with Gasteiger partial charge in [0.2, 0.25) is 0 Å². The molecule has 1 saturated heterocycles. The minimum atomic E-state index is -3.16. The lowest BCUT2D eigenvalue weighted by molar-refractivity contribution is -0.137. The van der Waals surface area contributed by atoms with E-state index in [1.807, 2.05) is 12.1 Å². The van der Waals surface area contributed by atoms with Gasteiger partial charge in [0.05, 0.1) is 16.1 Å². The van der Waals surface area contributed by atoms with Gasteiger partial charge in [-0.2, -0.15) is 0 Å². The Morgan fingerprint density at radius 1 is 0.960 bits per heavy atom. The number of benzene rings is 1. The van der Waals surface area contributed by atoms with Crippen molar-refractivity contribution in [2.45, 2.75) is 74.8 Å². The molecule has 3 saturated carbocycles. The molecule has 25 heavy (non-hydrogen) atoms. The quantitative estimate of drug-likeness (QED) is 0.771. The van der Waals surface area contributed by atoms with E-state index in [1.165, 1.54) is 11.8 Å². The standard InChI is InChI=1S/C19H27BO4S/c1-16(2)17(3,4)24-20(23-16)15-18(5)11-19(15,12-18)13-7-9-14(10-8-13)25(6,21)22/h7-10,15H,11-12H2,1-6H3. The number of hydrogen-bond acceptors (Lipinski definition) is 4. The molecular weight excluding hydrogens is 335 g/mol. The SMILES string of the molecule is CC12CC(c3ccc(S(C)(=O)=O)cc3)(C1)C2B1OC(C)(C)C(C)(C)O1. The maximum atomic E-state index is 11.7. The molecule has 3 aliphatic carbocycles. The van der Waals surface area contributed by atoms with Crippen molar-refractivity contribution in [1.82, 2.24) is 0 Å². The predicted octanol–water partition coefficient (Wildman–Crippen LogP) is 3.60. The van der Waals surface area contributed by atoms with Gasteiger partial charge in [0.25, 0.3) is 0 Å². The number of hydrogen-bond donors (Lipinski definition) is 0. The van der Waals surface area contributed by atoms with Crippen LogP contribution >= 0.6 is 0 Å². The van der Waals surface area contributed by atoms with Crippen LogP contribution < -0.4 is 0 Å². The van der Waals surface area contributed by atoms with Gasteiger partial charge in [0, 0.05) is 12.1 Å². The average molecular weight is 362 g/mol. The number of sulfone groups is 1. The molecule has 1 heterocycles. The van der Waals surface area contributed by atoms with E-state index in [0.29, 0.717) is 10.7 Å². The van der Waals surface area contributed by atoms with E-state index in [9.17, 15) is 8.42 Å². The highest BCUT2D eigenvalue weighted by molar-refractivity contribution is 7.90. The molecule has 136 valence electrons. The van der Waals surface area contributed by atoms with Crippen LogP contribution in [0.2, 0.25) is 5.82 Å². The summed E-state index contributed by atoms with van der Waals surface area (Å²) in [6.45, 7) is 10.7. The van der Waals surface area contributed by atoms with E-state index in [0.717, 1.165) is 12.8 Å². The van der Waals surface area contributed by atoms with Gasteiger partial charge in [-0.1, -0.05) is 19.1 Å². The zero-order valence-corrected chi connectivity index (χ0v) is 16.7. The molecule has 0 amide bonds. The van der Waals surface area contributed by atoms with Gasteiger partial charge in [-0.3, -0.25) is 0 Å². The molecule has 0 N–H and O–H groups in total. The minimum Gasteiger partial charge on any atom is -0.403 e. The van der Waals surface area contributed by atoms with Crippen molar-refractivity contribution in [3.63, 3.8) is 0 Å². The summed E-state index contributed by atoms with van der Waals surface area (Å²) in [5.74, 6) is 0.324. The fraction of sp³-hybridized carbons (Fsp3) is 0.684. The molecule has 1 atom stereocenters. The predicted molar refractivity (Wildman–Crippen MR) is 98.4 cm³/mol. The van der Waals surface area contributed by atoms with Crippen LogP contribution in [0, 0.1) is 5.41 Å². The fourth-order valence-electron chi connectivity index (χ4n) is 5.27. The van der Waals surface area contributed by atoms with Crippen LogP contribution in [-0.2, 0) is 24.6 Å². The summed E-state index contributed by atoms with van der Waals surface area (Å²) in [5.41, 5.74) is 0.889. The van der Waals surface area contributed by atoms with Crippen molar-refractivity contribution < 1.29 is 17.7 Å². The first-order valence-electron chi connectivity index (χ1n) is 8.97. The summed E-state index contributed by atoms with van der Waals surface area (Å²) in [7, 11) is -3.36. The molecule has 4 nitrogen and oxygen atoms in total. The summed E-state index contributed by atoms with van der Waals surface area (Å²) in [4.78, 5) is 0.376. The van der Waals surface area contributed by atoms with E-state index < -0.39 is 9.84 Å². The molecule has 4 fully saturated rings. The summed E-state index contributed by atoms with van der Waals surface area (Å²) >= 11 is 0. The second-order valence-corrected chi connectivity index (χ2v) is 11.6. The molecular formula is C19H27BO4S. The van der Waals surface area contributed by atoms with Crippen molar-refractivity contribution in [2.24, 2.45) is 5.41 Å². The van der Waals surface area contributed by atoms with Gasteiger partial charge in [-0.05, 0) is 69.1 Å². The Balaban J connectivity index is 1.63. The summed E-state index contributed by atoms with van der Waals surface area (Å²) in [6, 6.07) is 7.42. The molecule has 6 heteroatoms. The Labute approximate surface area is 151 Å². The highest BCUT2D eigenvalue weighted by Gasteiger charge is 2.79. The average Bonchev–Trinajstić information content (AvgIpc) is 2.61. The third kappa shape index (κ3) is 2.23. The van der Waals surface area contributed by atoms with Crippen LogP contribution in [0.25, 0.3) is 0 Å². The van der Waals surface area contributed by atoms with E-state index in [1.54, 1.807) is 12.1 Å². The molecule has 0 radical (unpaired) electrons. The van der Waals surface area contributed by atoms with Crippen LogP contribution in [0.3, 0.4) is 0 Å². The van der Waals surface area contributed by atoms with Gasteiger partial charge >= 0.3 is 7.12 Å². The Bertz CT molecular complexity index is 803. The molecule has 4 aliphatic rings. The first kappa shape index (κ1) is 17.6. The molecule has 1 unspecified atom stereocenters. The van der Waals surface area contributed by atoms with Gasteiger partial charge in [-0.25, -0.2) is 8.42 Å². The lowest BCUT2D eigenvalue weighted by atomic mass is 9.21. The van der Waals surface area contributed by atoms with Gasteiger partial charge < -0.3 is 9.31 Å². The van der Waals surface area contributed by atoms with Gasteiger partial charge in [-0.15, -0.1) is 0 Å². The lowest BCUT2D eigenvalue weighted by Gasteiger charge is -2.76. The Morgan fingerprint density at radius 2 is 1.44 bits per heavy atom. The van der Waals surface area contributed by atoms with Crippen LogP contribution in [0.1, 0.15) is 53.0 Å². The Morgan fingerprint density at radius 3 is 1.84 bits per heavy atom. The maximum absolute atomic E-state index is 11.7. The molecule has 0 aromatic heterocycles.